The van der Waals surface area contributed by atoms with Gasteiger partial charge < -0.3 is 19.3 Å². The lowest BCUT2D eigenvalue weighted by Crippen LogP contribution is -2.47. The van der Waals surface area contributed by atoms with Gasteiger partial charge >= 0.3 is 0 Å². The van der Waals surface area contributed by atoms with Crippen LogP contribution in [0.2, 0.25) is 0 Å². The van der Waals surface area contributed by atoms with E-state index in [1.807, 2.05) is 11.9 Å². The van der Waals surface area contributed by atoms with E-state index in [1.54, 1.807) is 18.2 Å². The number of anilines is 1. The van der Waals surface area contributed by atoms with Gasteiger partial charge in [0.1, 0.15) is 0 Å². The Labute approximate surface area is 154 Å². The first kappa shape index (κ1) is 18.8. The van der Waals surface area contributed by atoms with E-state index in [4.69, 9.17) is 9.47 Å². The highest BCUT2D eigenvalue weighted by Crippen LogP contribution is 2.36. The van der Waals surface area contributed by atoms with E-state index in [0.29, 0.717) is 30.0 Å². The maximum atomic E-state index is 12.3. The van der Waals surface area contributed by atoms with Crippen LogP contribution in [0, 0.1) is 0 Å². The van der Waals surface area contributed by atoms with Crippen molar-refractivity contribution in [1.29, 1.82) is 0 Å². The minimum Gasteiger partial charge on any atom is -0.454 e. The molecule has 0 radical (unpaired) electrons. The quantitative estimate of drug-likeness (QED) is 0.721. The summed E-state index contributed by atoms with van der Waals surface area (Å²) in [6.45, 7) is 3.59. The largest absolute Gasteiger partial charge is 0.454 e. The van der Waals surface area contributed by atoms with Crippen molar-refractivity contribution in [3.63, 3.8) is 0 Å². The van der Waals surface area contributed by atoms with Crippen LogP contribution in [0.5, 0.6) is 11.5 Å². The zero-order valence-corrected chi connectivity index (χ0v) is 16.0. The fraction of sp³-hybridized carbons (Fsp3) is 0.588. The number of benzene rings is 1. The molecule has 9 heteroatoms. The first-order valence-corrected chi connectivity index (χ1v) is 10.5. The van der Waals surface area contributed by atoms with Crippen LogP contribution < -0.4 is 13.8 Å². The van der Waals surface area contributed by atoms with Crippen LogP contribution in [-0.4, -0.2) is 76.9 Å². The second-order valence-corrected chi connectivity index (χ2v) is 8.57. The summed E-state index contributed by atoms with van der Waals surface area (Å²) in [5.74, 6) is 1.22. The van der Waals surface area contributed by atoms with Gasteiger partial charge in [-0.2, -0.15) is 0 Å². The Morgan fingerprint density at radius 1 is 1.15 bits per heavy atom. The molecule has 0 N–H and O–H groups in total. The second-order valence-electron chi connectivity index (χ2n) is 6.66. The van der Waals surface area contributed by atoms with E-state index in [0.717, 1.165) is 26.2 Å². The van der Waals surface area contributed by atoms with Crippen LogP contribution in [0.15, 0.2) is 18.2 Å². The van der Waals surface area contributed by atoms with E-state index < -0.39 is 10.0 Å². The molecule has 1 aromatic rings. The number of sulfonamides is 1. The van der Waals surface area contributed by atoms with Gasteiger partial charge in [0, 0.05) is 45.2 Å². The van der Waals surface area contributed by atoms with Crippen LogP contribution in [0.25, 0.3) is 0 Å². The lowest BCUT2D eigenvalue weighted by Gasteiger charge is -2.32. The normalized spacial score (nSPS) is 17.4. The van der Waals surface area contributed by atoms with Crippen molar-refractivity contribution in [2.75, 3.05) is 57.1 Å². The lowest BCUT2D eigenvalue weighted by molar-refractivity contribution is -0.132. The maximum Gasteiger partial charge on any atom is 0.232 e. The Hall–Kier alpha value is -2.00. The monoisotopic (exact) mass is 383 g/mol. The number of rotatable bonds is 6. The number of carbonyl (C=O) groups is 1. The van der Waals surface area contributed by atoms with Gasteiger partial charge in [0.05, 0.1) is 11.9 Å². The highest BCUT2D eigenvalue weighted by Gasteiger charge is 2.23. The van der Waals surface area contributed by atoms with Crippen LogP contribution in [0.1, 0.15) is 12.8 Å². The van der Waals surface area contributed by atoms with Gasteiger partial charge in [-0.15, -0.1) is 0 Å². The van der Waals surface area contributed by atoms with Crippen LogP contribution in [0.3, 0.4) is 0 Å². The van der Waals surface area contributed by atoms with Crippen molar-refractivity contribution in [3.05, 3.63) is 18.2 Å². The van der Waals surface area contributed by atoms with Crippen molar-refractivity contribution in [2.45, 2.75) is 12.8 Å². The maximum absolute atomic E-state index is 12.3. The molecule has 1 saturated heterocycles. The number of ether oxygens (including phenoxy) is 2. The number of nitrogens with zero attached hydrogens (tertiary/aromatic N) is 3. The molecule has 2 aliphatic rings. The topological polar surface area (TPSA) is 79.4 Å². The summed E-state index contributed by atoms with van der Waals surface area (Å²) in [4.78, 5) is 16.4. The zero-order valence-electron chi connectivity index (χ0n) is 15.2. The van der Waals surface area contributed by atoms with E-state index in [2.05, 4.69) is 4.90 Å². The minimum absolute atomic E-state index is 0.0808. The Bertz CT molecular complexity index is 760. The van der Waals surface area contributed by atoms with Crippen molar-refractivity contribution >= 4 is 21.6 Å². The van der Waals surface area contributed by atoms with Gasteiger partial charge in [0.25, 0.3) is 0 Å². The number of carbonyl (C=O) groups excluding carboxylic acids is 1. The first-order valence-electron chi connectivity index (χ1n) is 8.68. The lowest BCUT2D eigenvalue weighted by atomic mass is 10.2. The van der Waals surface area contributed by atoms with E-state index in [1.165, 1.54) is 10.6 Å². The van der Waals surface area contributed by atoms with Crippen LogP contribution >= 0.6 is 0 Å². The molecule has 0 aliphatic carbocycles. The molecule has 0 saturated carbocycles. The van der Waals surface area contributed by atoms with Gasteiger partial charge in [0.2, 0.25) is 22.7 Å². The third kappa shape index (κ3) is 4.39. The van der Waals surface area contributed by atoms with Crippen molar-refractivity contribution in [3.8, 4) is 11.5 Å². The summed E-state index contributed by atoms with van der Waals surface area (Å²) >= 11 is 0. The number of hydrogen-bond acceptors (Lipinski definition) is 6. The molecule has 3 rings (SSSR count). The minimum atomic E-state index is -3.46. The molecule has 2 heterocycles. The molecule has 26 heavy (non-hydrogen) atoms. The summed E-state index contributed by atoms with van der Waals surface area (Å²) in [6, 6.07) is 5.05. The predicted octanol–water partition coefficient (Wildman–Crippen LogP) is 0.735. The molecule has 0 aromatic heterocycles. The van der Waals surface area contributed by atoms with Gasteiger partial charge in [0.15, 0.2) is 11.5 Å². The van der Waals surface area contributed by atoms with Gasteiger partial charge in [-0.25, -0.2) is 8.42 Å². The predicted molar refractivity (Wildman–Crippen MR) is 98.1 cm³/mol. The molecule has 2 aliphatic heterocycles. The Morgan fingerprint density at radius 3 is 2.54 bits per heavy atom. The van der Waals surface area contributed by atoms with Crippen LogP contribution in [0.4, 0.5) is 5.69 Å². The smallest absolute Gasteiger partial charge is 0.232 e. The fourth-order valence-electron chi connectivity index (χ4n) is 3.11. The molecule has 0 atom stereocenters. The summed E-state index contributed by atoms with van der Waals surface area (Å²) in [5, 5.41) is 0. The van der Waals surface area contributed by atoms with Crippen LogP contribution in [-0.2, 0) is 14.8 Å². The van der Waals surface area contributed by atoms with E-state index >= 15 is 0 Å². The van der Waals surface area contributed by atoms with E-state index in [9.17, 15) is 13.2 Å². The molecule has 0 bridgehead atoms. The van der Waals surface area contributed by atoms with Gasteiger partial charge in [-0.05, 0) is 25.6 Å². The number of amides is 1. The van der Waals surface area contributed by atoms with Crippen molar-refractivity contribution in [2.24, 2.45) is 0 Å². The van der Waals surface area contributed by atoms with Crippen molar-refractivity contribution in [1.82, 2.24) is 9.80 Å². The zero-order chi connectivity index (χ0) is 18.7. The fourth-order valence-corrected chi connectivity index (χ4v) is 4.07. The molecule has 144 valence electrons. The van der Waals surface area contributed by atoms with Gasteiger partial charge in [-0.1, -0.05) is 0 Å². The Kier molecular flexibility index (Phi) is 5.57. The average molecular weight is 383 g/mol. The third-order valence-corrected chi connectivity index (χ3v) is 5.85. The molecule has 1 fully saturated rings. The average Bonchev–Trinajstić information content (AvgIpc) is 3.05. The highest BCUT2D eigenvalue weighted by molar-refractivity contribution is 7.92. The standard InChI is InChI=1S/C17H25N3O5S/c1-18-8-10-19(11-9-18)17(21)4-3-7-20(26(2,22)23)14-5-6-15-16(12-14)25-13-24-15/h5-6,12H,3-4,7-11,13H2,1-2H3. The number of piperazine rings is 1. The van der Waals surface area contributed by atoms with E-state index in [-0.39, 0.29) is 19.2 Å². The summed E-state index contributed by atoms with van der Waals surface area (Å²) in [5.41, 5.74) is 0.517. The second kappa shape index (κ2) is 7.71. The summed E-state index contributed by atoms with van der Waals surface area (Å²) in [7, 11) is -1.42. The third-order valence-electron chi connectivity index (χ3n) is 4.65. The molecule has 0 unspecified atom stereocenters. The SMILES string of the molecule is CN1CCN(C(=O)CCCN(c2ccc3c(c2)OCO3)S(C)(=O)=O)CC1. The highest BCUT2D eigenvalue weighted by atomic mass is 32.2. The molecule has 8 nitrogen and oxygen atoms in total. The summed E-state index contributed by atoms with van der Waals surface area (Å²) < 4.78 is 36.3. The van der Waals surface area contributed by atoms with Gasteiger partial charge in [-0.3, -0.25) is 9.10 Å². The Morgan fingerprint density at radius 2 is 1.85 bits per heavy atom. The molecule has 1 aromatic carbocycles. The summed E-state index contributed by atoms with van der Waals surface area (Å²) in [6.07, 6.45) is 1.97. The molecule has 0 spiro atoms. The molecular formula is C17H25N3O5S. The molecular weight excluding hydrogens is 358 g/mol. The molecule has 1 amide bonds. The first-order chi connectivity index (χ1) is 12.3. The van der Waals surface area contributed by atoms with Crippen molar-refractivity contribution < 1.29 is 22.7 Å². The number of fused-ring (bicyclic) bond motifs is 1. The number of likely N-dealkylation sites (N-methyl/N-ethyl adjacent to an activating group) is 1. The Balaban J connectivity index is 1.60. The number of hydrogen-bond donors (Lipinski definition) is 0.